The maximum atomic E-state index is 13.8. The molecule has 3 aromatic rings. The predicted molar refractivity (Wildman–Crippen MR) is 78.2 cm³/mol. The number of nitro benzene ring substituents is 1. The molecule has 2 heterocycles. The number of thiazole rings is 1. The maximum absolute atomic E-state index is 13.8. The van der Waals surface area contributed by atoms with Crippen molar-refractivity contribution in [3.63, 3.8) is 0 Å². The molecule has 0 saturated heterocycles. The van der Waals surface area contributed by atoms with Gasteiger partial charge in [-0.1, -0.05) is 0 Å². The third-order valence-electron chi connectivity index (χ3n) is 3.17. The highest BCUT2D eigenvalue weighted by Crippen LogP contribution is 2.22. The SMILES string of the molecule is Cc1nc2sccn2c1CNc1ccc([N+](=O)[O-])cc1F. The summed E-state index contributed by atoms with van der Waals surface area (Å²) >= 11 is 1.53. The number of imidazole rings is 1. The van der Waals surface area contributed by atoms with Crippen LogP contribution in [0, 0.1) is 22.9 Å². The molecule has 0 unspecified atom stereocenters. The van der Waals surface area contributed by atoms with Gasteiger partial charge in [-0.15, -0.1) is 11.3 Å². The smallest absolute Gasteiger partial charge is 0.272 e. The fraction of sp³-hybridized carbons (Fsp3) is 0.154. The van der Waals surface area contributed by atoms with E-state index >= 15 is 0 Å². The number of halogens is 1. The van der Waals surface area contributed by atoms with Crippen LogP contribution < -0.4 is 5.32 Å². The number of hydrogen-bond acceptors (Lipinski definition) is 5. The normalized spacial score (nSPS) is 11.0. The van der Waals surface area contributed by atoms with E-state index in [1.807, 2.05) is 22.9 Å². The summed E-state index contributed by atoms with van der Waals surface area (Å²) < 4.78 is 15.7. The van der Waals surface area contributed by atoms with Gasteiger partial charge in [0.1, 0.15) is 0 Å². The monoisotopic (exact) mass is 306 g/mol. The number of fused-ring (bicyclic) bond motifs is 1. The molecule has 1 aromatic carbocycles. The Kier molecular flexibility index (Phi) is 3.30. The Hall–Kier alpha value is -2.48. The first kappa shape index (κ1) is 13.5. The van der Waals surface area contributed by atoms with Crippen LogP contribution in [0.1, 0.15) is 11.4 Å². The van der Waals surface area contributed by atoms with Gasteiger partial charge in [-0.3, -0.25) is 14.5 Å². The highest BCUT2D eigenvalue weighted by Gasteiger charge is 2.13. The van der Waals surface area contributed by atoms with Crippen molar-refractivity contribution in [2.75, 3.05) is 5.32 Å². The lowest BCUT2D eigenvalue weighted by Gasteiger charge is -2.07. The number of aromatic nitrogens is 2. The number of non-ortho nitro benzene ring substituents is 1. The minimum absolute atomic E-state index is 0.227. The number of rotatable bonds is 4. The van der Waals surface area contributed by atoms with Crippen LogP contribution in [0.25, 0.3) is 4.96 Å². The molecule has 6 nitrogen and oxygen atoms in total. The third kappa shape index (κ3) is 2.45. The Morgan fingerprint density at radius 2 is 2.33 bits per heavy atom. The topological polar surface area (TPSA) is 72.5 Å². The summed E-state index contributed by atoms with van der Waals surface area (Å²) in [6.45, 7) is 2.28. The molecule has 3 rings (SSSR count). The molecule has 0 spiro atoms. The van der Waals surface area contributed by atoms with Gasteiger partial charge in [0.25, 0.3) is 5.69 Å². The van der Waals surface area contributed by atoms with Gasteiger partial charge in [-0.25, -0.2) is 9.37 Å². The highest BCUT2D eigenvalue weighted by molar-refractivity contribution is 7.15. The fourth-order valence-electron chi connectivity index (χ4n) is 2.09. The molecule has 2 aromatic heterocycles. The summed E-state index contributed by atoms with van der Waals surface area (Å²) in [4.78, 5) is 15.2. The van der Waals surface area contributed by atoms with Gasteiger partial charge in [-0.05, 0) is 13.0 Å². The molecule has 0 aliphatic rings. The van der Waals surface area contributed by atoms with Crippen LogP contribution in [0.15, 0.2) is 29.8 Å². The van der Waals surface area contributed by atoms with Gasteiger partial charge in [0.15, 0.2) is 10.8 Å². The van der Waals surface area contributed by atoms with E-state index in [0.29, 0.717) is 6.54 Å². The van der Waals surface area contributed by atoms with Crippen LogP contribution in [0.2, 0.25) is 0 Å². The van der Waals surface area contributed by atoms with E-state index in [-0.39, 0.29) is 11.4 Å². The third-order valence-corrected chi connectivity index (χ3v) is 3.93. The minimum atomic E-state index is -0.645. The van der Waals surface area contributed by atoms with Gasteiger partial charge >= 0.3 is 0 Å². The van der Waals surface area contributed by atoms with Crippen LogP contribution >= 0.6 is 11.3 Å². The lowest BCUT2D eigenvalue weighted by atomic mass is 10.2. The number of benzene rings is 1. The first-order chi connectivity index (χ1) is 10.1. The molecule has 1 N–H and O–H groups in total. The molecular weight excluding hydrogens is 295 g/mol. The summed E-state index contributed by atoms with van der Waals surface area (Å²) in [5, 5.41) is 15.5. The number of anilines is 1. The van der Waals surface area contributed by atoms with Gasteiger partial charge in [0.2, 0.25) is 0 Å². The van der Waals surface area contributed by atoms with Crippen molar-refractivity contribution in [3.8, 4) is 0 Å². The Morgan fingerprint density at radius 1 is 1.52 bits per heavy atom. The summed E-state index contributed by atoms with van der Waals surface area (Å²) in [5.41, 5.74) is 1.77. The Morgan fingerprint density at radius 3 is 3.05 bits per heavy atom. The van der Waals surface area contributed by atoms with E-state index in [4.69, 9.17) is 0 Å². The molecule has 0 bridgehead atoms. The molecule has 108 valence electrons. The van der Waals surface area contributed by atoms with Crippen molar-refractivity contribution < 1.29 is 9.31 Å². The number of nitrogens with one attached hydrogen (secondary N) is 1. The lowest BCUT2D eigenvalue weighted by molar-refractivity contribution is -0.385. The summed E-state index contributed by atoms with van der Waals surface area (Å²) in [5.74, 6) is -0.645. The molecule has 0 amide bonds. The van der Waals surface area contributed by atoms with Gasteiger partial charge in [-0.2, -0.15) is 0 Å². The molecule has 0 atom stereocenters. The first-order valence-electron chi connectivity index (χ1n) is 6.15. The zero-order valence-electron chi connectivity index (χ0n) is 11.0. The zero-order chi connectivity index (χ0) is 15.0. The maximum Gasteiger partial charge on any atom is 0.272 e. The van der Waals surface area contributed by atoms with E-state index in [1.165, 1.54) is 23.5 Å². The van der Waals surface area contributed by atoms with E-state index in [0.717, 1.165) is 22.4 Å². The molecular formula is C13H11FN4O2S. The molecule has 0 fully saturated rings. The molecule has 21 heavy (non-hydrogen) atoms. The molecule has 0 saturated carbocycles. The Balaban J connectivity index is 1.83. The van der Waals surface area contributed by atoms with Crippen molar-refractivity contribution in [3.05, 3.63) is 57.1 Å². The van der Waals surface area contributed by atoms with Gasteiger partial charge < -0.3 is 5.32 Å². The summed E-state index contributed by atoms with van der Waals surface area (Å²) in [6, 6.07) is 3.55. The van der Waals surface area contributed by atoms with E-state index in [1.54, 1.807) is 0 Å². The van der Waals surface area contributed by atoms with Crippen molar-refractivity contribution in [1.29, 1.82) is 0 Å². The number of hydrogen-bond donors (Lipinski definition) is 1. The Bertz CT molecular complexity index is 827. The van der Waals surface area contributed by atoms with Gasteiger partial charge in [0, 0.05) is 17.6 Å². The second-order valence-corrected chi connectivity index (χ2v) is 5.35. The first-order valence-corrected chi connectivity index (χ1v) is 7.03. The zero-order valence-corrected chi connectivity index (χ0v) is 11.9. The van der Waals surface area contributed by atoms with Crippen LogP contribution in [0.5, 0.6) is 0 Å². The molecule has 0 aliphatic heterocycles. The van der Waals surface area contributed by atoms with Crippen molar-refractivity contribution in [1.82, 2.24) is 9.38 Å². The molecule has 8 heteroatoms. The van der Waals surface area contributed by atoms with Gasteiger partial charge in [0.05, 0.1) is 34.6 Å². The number of nitro groups is 1. The molecule has 0 radical (unpaired) electrons. The van der Waals surface area contributed by atoms with Crippen LogP contribution in [0.4, 0.5) is 15.8 Å². The van der Waals surface area contributed by atoms with Crippen molar-refractivity contribution in [2.45, 2.75) is 13.5 Å². The second-order valence-electron chi connectivity index (χ2n) is 4.47. The molecule has 0 aliphatic carbocycles. The van der Waals surface area contributed by atoms with Crippen molar-refractivity contribution >= 4 is 27.7 Å². The minimum Gasteiger partial charge on any atom is -0.377 e. The van der Waals surface area contributed by atoms with Crippen LogP contribution in [0.3, 0.4) is 0 Å². The average molecular weight is 306 g/mol. The van der Waals surface area contributed by atoms with Crippen molar-refractivity contribution in [2.24, 2.45) is 0 Å². The summed E-state index contributed by atoms with van der Waals surface area (Å²) in [6.07, 6.45) is 1.91. The van der Waals surface area contributed by atoms with E-state index < -0.39 is 10.7 Å². The number of aryl methyl sites for hydroxylation is 1. The fourth-order valence-corrected chi connectivity index (χ4v) is 2.87. The Labute approximate surface area is 123 Å². The largest absolute Gasteiger partial charge is 0.377 e. The summed E-state index contributed by atoms with van der Waals surface area (Å²) in [7, 11) is 0. The predicted octanol–water partition coefficient (Wildman–Crippen LogP) is 3.36. The standard InChI is InChI=1S/C13H11FN4O2S/c1-8-12(17-4-5-21-13(17)16-8)7-15-11-3-2-9(18(19)20)6-10(11)14/h2-6,15H,7H2,1H3. The quantitative estimate of drug-likeness (QED) is 0.592. The van der Waals surface area contributed by atoms with Crippen LogP contribution in [-0.4, -0.2) is 14.3 Å². The number of nitrogens with zero attached hydrogens (tertiary/aromatic N) is 3. The second kappa shape index (κ2) is 5.13. The van der Waals surface area contributed by atoms with Crippen LogP contribution in [-0.2, 0) is 6.54 Å². The average Bonchev–Trinajstić information content (AvgIpc) is 2.98. The van der Waals surface area contributed by atoms with E-state index in [9.17, 15) is 14.5 Å². The highest BCUT2D eigenvalue weighted by atomic mass is 32.1. The lowest BCUT2D eigenvalue weighted by Crippen LogP contribution is -2.05. The van der Waals surface area contributed by atoms with E-state index in [2.05, 4.69) is 10.3 Å².